The minimum Gasteiger partial charge on any atom is -0.0999 e. The summed E-state index contributed by atoms with van der Waals surface area (Å²) < 4.78 is 0. The van der Waals surface area contributed by atoms with Crippen molar-refractivity contribution < 1.29 is 0 Å². The maximum Gasteiger partial charge on any atom is -0.0208 e. The van der Waals surface area contributed by atoms with Gasteiger partial charge in [-0.05, 0) is 81.5 Å². The largest absolute Gasteiger partial charge is 0.0999 e. The van der Waals surface area contributed by atoms with Crippen LogP contribution in [0.3, 0.4) is 0 Å². The molecule has 0 aliphatic heterocycles. The van der Waals surface area contributed by atoms with E-state index in [1.54, 1.807) is 0 Å². The Balaban J connectivity index is 1.68. The smallest absolute Gasteiger partial charge is 0.0208 e. The molecule has 0 bridgehead atoms. The van der Waals surface area contributed by atoms with E-state index in [4.69, 9.17) is 0 Å². The fourth-order valence-corrected chi connectivity index (χ4v) is 4.45. The minimum atomic E-state index is 0.841. The Morgan fingerprint density at radius 3 is 1.79 bits per heavy atom. The predicted octanol–water partition coefficient (Wildman–Crippen LogP) is 6.22. The van der Waals surface area contributed by atoms with Crippen molar-refractivity contribution in [2.75, 3.05) is 0 Å². The van der Waals surface area contributed by atoms with Crippen LogP contribution in [0.5, 0.6) is 0 Å². The zero-order valence-corrected chi connectivity index (χ0v) is 13.5. The summed E-state index contributed by atoms with van der Waals surface area (Å²) in [6.45, 7) is 11.2. The van der Waals surface area contributed by atoms with E-state index in [2.05, 4.69) is 27.4 Å². The van der Waals surface area contributed by atoms with Gasteiger partial charge in [-0.2, -0.15) is 0 Å². The summed E-state index contributed by atoms with van der Waals surface area (Å²) in [6, 6.07) is 0. The highest BCUT2D eigenvalue weighted by atomic mass is 14.3. The summed E-state index contributed by atoms with van der Waals surface area (Å²) in [4.78, 5) is 0. The van der Waals surface area contributed by atoms with Crippen LogP contribution in [0, 0.1) is 29.6 Å². The van der Waals surface area contributed by atoms with Gasteiger partial charge in [0.15, 0.2) is 0 Å². The van der Waals surface area contributed by atoms with Crippen molar-refractivity contribution in [2.45, 2.75) is 78.6 Å². The van der Waals surface area contributed by atoms with Crippen molar-refractivity contribution in [3.05, 3.63) is 12.2 Å². The molecule has 0 nitrogen and oxygen atoms in total. The van der Waals surface area contributed by atoms with E-state index in [0.29, 0.717) is 0 Å². The molecule has 0 heterocycles. The Labute approximate surface area is 121 Å². The van der Waals surface area contributed by atoms with Crippen molar-refractivity contribution in [2.24, 2.45) is 29.6 Å². The van der Waals surface area contributed by atoms with Crippen LogP contribution in [0.4, 0.5) is 0 Å². The molecular weight excluding hydrogens is 228 g/mol. The first-order chi connectivity index (χ1) is 9.06. The van der Waals surface area contributed by atoms with Gasteiger partial charge in [-0.1, -0.05) is 38.8 Å². The van der Waals surface area contributed by atoms with Gasteiger partial charge < -0.3 is 0 Å². The first-order valence-corrected chi connectivity index (χ1v) is 8.71. The Bertz CT molecular complexity index is 272. The van der Waals surface area contributed by atoms with E-state index < -0.39 is 0 Å². The molecule has 0 aromatic rings. The van der Waals surface area contributed by atoms with Gasteiger partial charge in [0.2, 0.25) is 0 Å². The van der Waals surface area contributed by atoms with Crippen LogP contribution >= 0.6 is 0 Å². The van der Waals surface area contributed by atoms with Gasteiger partial charge in [0.25, 0.3) is 0 Å². The monoisotopic (exact) mass is 262 g/mol. The normalized spacial score (nSPS) is 36.4. The van der Waals surface area contributed by atoms with Gasteiger partial charge in [-0.3, -0.25) is 0 Å². The van der Waals surface area contributed by atoms with Crippen LogP contribution in [0.15, 0.2) is 12.2 Å². The fraction of sp³-hybridized carbons (Fsp3) is 0.895. The lowest BCUT2D eigenvalue weighted by Crippen LogP contribution is -2.22. The highest BCUT2D eigenvalue weighted by Crippen LogP contribution is 2.40. The Morgan fingerprint density at radius 1 is 0.895 bits per heavy atom. The number of hydrogen-bond donors (Lipinski definition) is 0. The molecule has 2 saturated carbocycles. The average molecular weight is 262 g/mol. The summed E-state index contributed by atoms with van der Waals surface area (Å²) in [7, 11) is 0. The zero-order chi connectivity index (χ0) is 13.8. The van der Waals surface area contributed by atoms with Gasteiger partial charge in [0.1, 0.15) is 0 Å². The molecule has 0 aromatic carbocycles. The maximum atomic E-state index is 4.14. The zero-order valence-electron chi connectivity index (χ0n) is 13.5. The molecule has 0 unspecified atom stereocenters. The SMILES string of the molecule is C=C(C)C1CCC(CC2CCC(C(C)C)CC2)CC1. The lowest BCUT2D eigenvalue weighted by molar-refractivity contribution is 0.178. The highest BCUT2D eigenvalue weighted by molar-refractivity contribution is 4.98. The average Bonchev–Trinajstić information content (AvgIpc) is 2.40. The molecule has 0 atom stereocenters. The minimum absolute atomic E-state index is 0.841. The van der Waals surface area contributed by atoms with E-state index >= 15 is 0 Å². The van der Waals surface area contributed by atoms with Crippen molar-refractivity contribution in [1.82, 2.24) is 0 Å². The van der Waals surface area contributed by atoms with Crippen LogP contribution in [-0.2, 0) is 0 Å². The van der Waals surface area contributed by atoms with Gasteiger partial charge in [0, 0.05) is 0 Å². The molecule has 19 heavy (non-hydrogen) atoms. The van der Waals surface area contributed by atoms with Crippen LogP contribution in [0.1, 0.15) is 78.6 Å². The van der Waals surface area contributed by atoms with Crippen molar-refractivity contribution >= 4 is 0 Å². The van der Waals surface area contributed by atoms with Crippen molar-refractivity contribution in [3.63, 3.8) is 0 Å². The summed E-state index contributed by atoms with van der Waals surface area (Å²) in [5.41, 5.74) is 1.43. The van der Waals surface area contributed by atoms with Gasteiger partial charge in [-0.25, -0.2) is 0 Å². The third kappa shape index (κ3) is 4.36. The molecule has 2 aliphatic rings. The van der Waals surface area contributed by atoms with E-state index in [1.165, 1.54) is 63.4 Å². The second-order valence-corrected chi connectivity index (χ2v) is 7.82. The second-order valence-electron chi connectivity index (χ2n) is 7.82. The lowest BCUT2D eigenvalue weighted by atomic mass is 9.71. The topological polar surface area (TPSA) is 0 Å². The maximum absolute atomic E-state index is 4.14. The molecule has 110 valence electrons. The van der Waals surface area contributed by atoms with Crippen LogP contribution in [-0.4, -0.2) is 0 Å². The summed E-state index contributed by atoms with van der Waals surface area (Å²) in [5.74, 6) is 4.87. The number of rotatable bonds is 4. The number of allylic oxidation sites excluding steroid dienone is 1. The first-order valence-electron chi connectivity index (χ1n) is 8.71. The van der Waals surface area contributed by atoms with E-state index in [9.17, 15) is 0 Å². The molecule has 0 radical (unpaired) electrons. The van der Waals surface area contributed by atoms with Crippen molar-refractivity contribution in [1.29, 1.82) is 0 Å². The summed E-state index contributed by atoms with van der Waals surface area (Å²) in [6.07, 6.45) is 13.4. The molecule has 2 aliphatic carbocycles. The third-order valence-electron chi connectivity index (χ3n) is 6.04. The van der Waals surface area contributed by atoms with Gasteiger partial charge >= 0.3 is 0 Å². The second kappa shape index (κ2) is 6.95. The standard InChI is InChI=1S/C19H34/c1-14(2)18-9-5-16(6-10-18)13-17-7-11-19(12-8-17)15(3)4/h15-19H,1,5-13H2,2-4H3. The Kier molecular flexibility index (Phi) is 5.54. The lowest BCUT2D eigenvalue weighted by Gasteiger charge is -2.35. The van der Waals surface area contributed by atoms with Crippen molar-refractivity contribution in [3.8, 4) is 0 Å². The molecular formula is C19H34. The van der Waals surface area contributed by atoms with Crippen LogP contribution < -0.4 is 0 Å². The fourth-order valence-electron chi connectivity index (χ4n) is 4.45. The molecule has 0 spiro atoms. The summed E-state index contributed by atoms with van der Waals surface area (Å²) in [5, 5.41) is 0. The van der Waals surface area contributed by atoms with Crippen LogP contribution in [0.25, 0.3) is 0 Å². The van der Waals surface area contributed by atoms with E-state index in [-0.39, 0.29) is 0 Å². The van der Waals surface area contributed by atoms with E-state index in [0.717, 1.165) is 29.6 Å². The van der Waals surface area contributed by atoms with E-state index in [1.807, 2.05) is 0 Å². The molecule has 2 fully saturated rings. The van der Waals surface area contributed by atoms with Gasteiger partial charge in [0.05, 0.1) is 0 Å². The molecule has 0 N–H and O–H groups in total. The molecule has 2 rings (SSSR count). The third-order valence-corrected chi connectivity index (χ3v) is 6.04. The molecule has 0 heteroatoms. The summed E-state index contributed by atoms with van der Waals surface area (Å²) >= 11 is 0. The molecule has 0 aromatic heterocycles. The molecule has 0 saturated heterocycles. The number of hydrogen-bond acceptors (Lipinski definition) is 0. The highest BCUT2D eigenvalue weighted by Gasteiger charge is 2.27. The Hall–Kier alpha value is -0.260. The van der Waals surface area contributed by atoms with Gasteiger partial charge in [-0.15, -0.1) is 0 Å². The quantitative estimate of drug-likeness (QED) is 0.527. The molecule has 0 amide bonds. The predicted molar refractivity (Wildman–Crippen MR) is 85.2 cm³/mol. The van der Waals surface area contributed by atoms with Crippen LogP contribution in [0.2, 0.25) is 0 Å². The Morgan fingerprint density at radius 2 is 1.37 bits per heavy atom. The first kappa shape index (κ1) is 15.1.